The molecule has 2 heterocycles. The Bertz CT molecular complexity index is 1730. The standard InChI is InChI=1S/C44H59NO9Si/c1-10-30(48-25-29-18-12-11-13-19-29)24-37(46)52-40-38(45-42(47)49-26-35-33-22-16-14-20-31(33)32-21-15-17-23-34(32)35)41(54-55(8,9)43(4,5)28(2)3)51-36-27-50-44(6,7)53-39(36)40/h11-23,28,30,35-36,38-41H,10,24-27H2,1-9H3,(H,45,47)/t30-,36?,38?,39-,40-,41+/m1/s1. The molecule has 6 atom stereocenters. The predicted octanol–water partition coefficient (Wildman–Crippen LogP) is 8.73. The number of carbonyl (C=O) groups excluding carboxylic acids is 2. The number of esters is 1. The van der Waals surface area contributed by atoms with Gasteiger partial charge in [-0.1, -0.05) is 113 Å². The molecule has 1 N–H and O–H groups in total. The van der Waals surface area contributed by atoms with E-state index in [9.17, 15) is 9.59 Å². The van der Waals surface area contributed by atoms with Crippen molar-refractivity contribution in [1.29, 1.82) is 0 Å². The van der Waals surface area contributed by atoms with Crippen LogP contribution in [0, 0.1) is 5.92 Å². The first-order valence-electron chi connectivity index (χ1n) is 19.7. The van der Waals surface area contributed by atoms with E-state index in [4.69, 9.17) is 32.8 Å². The van der Waals surface area contributed by atoms with Gasteiger partial charge in [0.25, 0.3) is 0 Å². The van der Waals surface area contributed by atoms with E-state index < -0.39 is 56.8 Å². The average molecular weight is 774 g/mol. The first-order chi connectivity index (χ1) is 26.1. The molecule has 2 saturated heterocycles. The summed E-state index contributed by atoms with van der Waals surface area (Å²) in [6.45, 7) is 19.4. The van der Waals surface area contributed by atoms with Crippen molar-refractivity contribution in [3.05, 3.63) is 95.6 Å². The van der Waals surface area contributed by atoms with Gasteiger partial charge in [-0.3, -0.25) is 4.79 Å². The Morgan fingerprint density at radius 1 is 0.945 bits per heavy atom. The van der Waals surface area contributed by atoms with Crippen LogP contribution in [0.15, 0.2) is 78.9 Å². The molecule has 6 rings (SSSR count). The Morgan fingerprint density at radius 2 is 1.56 bits per heavy atom. The number of amides is 1. The number of nitrogens with one attached hydrogen (secondary N) is 1. The molecule has 11 heteroatoms. The largest absolute Gasteiger partial charge is 0.457 e. The lowest BCUT2D eigenvalue weighted by molar-refractivity contribution is -0.363. The lowest BCUT2D eigenvalue weighted by Crippen LogP contribution is -2.70. The minimum Gasteiger partial charge on any atom is -0.457 e. The lowest BCUT2D eigenvalue weighted by atomic mass is 9.95. The zero-order chi connectivity index (χ0) is 39.5. The fourth-order valence-corrected chi connectivity index (χ4v) is 10.1. The molecular weight excluding hydrogens is 715 g/mol. The Labute approximate surface area is 327 Å². The third-order valence-corrected chi connectivity index (χ3v) is 16.6. The molecule has 2 unspecified atom stereocenters. The Morgan fingerprint density at radius 3 is 2.18 bits per heavy atom. The van der Waals surface area contributed by atoms with Gasteiger partial charge in [0.05, 0.1) is 25.7 Å². The zero-order valence-corrected chi connectivity index (χ0v) is 34.8. The third-order valence-electron chi connectivity index (χ3n) is 12.1. The molecule has 3 aromatic carbocycles. The van der Waals surface area contributed by atoms with E-state index >= 15 is 0 Å². The summed E-state index contributed by atoms with van der Waals surface area (Å²) in [7, 11) is -2.58. The number of benzene rings is 3. The van der Waals surface area contributed by atoms with Crippen LogP contribution in [0.3, 0.4) is 0 Å². The highest BCUT2D eigenvalue weighted by atomic mass is 28.4. The van der Waals surface area contributed by atoms with E-state index in [1.807, 2.05) is 75.4 Å². The van der Waals surface area contributed by atoms with Gasteiger partial charge < -0.3 is 38.2 Å². The Balaban J connectivity index is 1.26. The van der Waals surface area contributed by atoms with E-state index in [2.05, 4.69) is 70.4 Å². The normalized spacial score (nSPS) is 24.0. The van der Waals surface area contributed by atoms with E-state index in [1.54, 1.807) is 0 Å². The molecule has 3 aromatic rings. The van der Waals surface area contributed by atoms with Crippen LogP contribution in [0.2, 0.25) is 18.1 Å². The van der Waals surface area contributed by atoms with E-state index in [-0.39, 0.29) is 36.7 Å². The lowest BCUT2D eigenvalue weighted by Gasteiger charge is -2.53. The molecule has 0 aromatic heterocycles. The van der Waals surface area contributed by atoms with Crippen molar-refractivity contribution in [3.63, 3.8) is 0 Å². The summed E-state index contributed by atoms with van der Waals surface area (Å²) < 4.78 is 44.7. The molecule has 2 fully saturated rings. The smallest absolute Gasteiger partial charge is 0.407 e. The highest BCUT2D eigenvalue weighted by Gasteiger charge is 2.56. The number of fused-ring (bicyclic) bond motifs is 4. The van der Waals surface area contributed by atoms with Crippen LogP contribution < -0.4 is 5.32 Å². The molecular formula is C44H59NO9Si. The minimum atomic E-state index is -2.58. The van der Waals surface area contributed by atoms with Gasteiger partial charge in [0.1, 0.15) is 24.9 Å². The molecule has 298 valence electrons. The average Bonchev–Trinajstić information content (AvgIpc) is 3.47. The van der Waals surface area contributed by atoms with Crippen LogP contribution in [0.25, 0.3) is 11.1 Å². The Kier molecular flexibility index (Phi) is 12.6. The van der Waals surface area contributed by atoms with Crippen LogP contribution in [-0.4, -0.2) is 76.1 Å². The van der Waals surface area contributed by atoms with Crippen LogP contribution in [-0.2, 0) is 44.2 Å². The summed E-state index contributed by atoms with van der Waals surface area (Å²) in [6.07, 6.45) is -3.79. The molecule has 55 heavy (non-hydrogen) atoms. The van der Waals surface area contributed by atoms with Crippen molar-refractivity contribution in [2.24, 2.45) is 5.92 Å². The van der Waals surface area contributed by atoms with Gasteiger partial charge in [0.2, 0.25) is 0 Å². The number of alkyl carbamates (subject to hydrolysis) is 1. The van der Waals surface area contributed by atoms with Gasteiger partial charge in [-0.25, -0.2) is 4.79 Å². The molecule has 10 nitrogen and oxygen atoms in total. The number of hydrogen-bond acceptors (Lipinski definition) is 9. The van der Waals surface area contributed by atoms with Gasteiger partial charge in [0.15, 0.2) is 26.5 Å². The van der Waals surface area contributed by atoms with E-state index in [1.165, 1.54) is 0 Å². The monoisotopic (exact) mass is 773 g/mol. The number of ether oxygens (including phenoxy) is 6. The molecule has 0 spiro atoms. The van der Waals surface area contributed by atoms with Gasteiger partial charge in [-0.2, -0.15) is 0 Å². The number of hydrogen-bond donors (Lipinski definition) is 1. The molecule has 1 aliphatic carbocycles. The maximum atomic E-state index is 14.0. The van der Waals surface area contributed by atoms with Crippen LogP contribution in [0.1, 0.15) is 83.9 Å². The van der Waals surface area contributed by atoms with Crippen molar-refractivity contribution in [2.75, 3.05) is 13.2 Å². The quantitative estimate of drug-likeness (QED) is 0.127. The van der Waals surface area contributed by atoms with Crippen molar-refractivity contribution in [2.45, 2.75) is 134 Å². The van der Waals surface area contributed by atoms with Crippen molar-refractivity contribution in [1.82, 2.24) is 5.32 Å². The van der Waals surface area contributed by atoms with Crippen molar-refractivity contribution in [3.8, 4) is 11.1 Å². The molecule has 0 saturated carbocycles. The maximum Gasteiger partial charge on any atom is 0.407 e. The Hall–Kier alpha value is -3.58. The van der Waals surface area contributed by atoms with E-state index in [0.717, 1.165) is 27.8 Å². The fraction of sp³-hybridized carbons (Fsp3) is 0.545. The first-order valence-corrected chi connectivity index (χ1v) is 22.6. The topological polar surface area (TPSA) is 111 Å². The summed E-state index contributed by atoms with van der Waals surface area (Å²) in [6, 6.07) is 25.3. The third kappa shape index (κ3) is 9.19. The molecule has 3 aliphatic rings. The van der Waals surface area contributed by atoms with Crippen LogP contribution >= 0.6 is 0 Å². The van der Waals surface area contributed by atoms with Crippen LogP contribution in [0.4, 0.5) is 4.79 Å². The maximum absolute atomic E-state index is 14.0. The number of rotatable bonds is 14. The highest BCUT2D eigenvalue weighted by Crippen LogP contribution is 2.47. The summed E-state index contributed by atoms with van der Waals surface area (Å²) in [4.78, 5) is 27.9. The zero-order valence-electron chi connectivity index (χ0n) is 33.8. The molecule has 2 aliphatic heterocycles. The van der Waals surface area contributed by atoms with Gasteiger partial charge >= 0.3 is 12.1 Å². The number of carbonyl (C=O) groups is 2. The summed E-state index contributed by atoms with van der Waals surface area (Å²) in [5.74, 6) is -1.30. The van der Waals surface area contributed by atoms with Gasteiger partial charge in [-0.05, 0) is 72.1 Å². The molecule has 0 radical (unpaired) electrons. The SMILES string of the molecule is CC[C@H](CC(=O)O[C@@H]1C(NC(=O)OCC2c3ccccc3-c3ccccc32)[C@H](O[Si](C)(C)C(C)(C)C(C)C)OC2COC(C)(C)O[C@H]21)OCc1ccccc1. The first kappa shape index (κ1) is 41.1. The summed E-state index contributed by atoms with van der Waals surface area (Å²) >= 11 is 0. The second-order valence-corrected chi connectivity index (χ2v) is 21.4. The van der Waals surface area contributed by atoms with Gasteiger partial charge in [-0.15, -0.1) is 0 Å². The molecule has 1 amide bonds. The van der Waals surface area contributed by atoms with Gasteiger partial charge in [0, 0.05) is 5.92 Å². The minimum absolute atomic E-state index is 0.0157. The van der Waals surface area contributed by atoms with Crippen molar-refractivity contribution < 1.29 is 42.4 Å². The second-order valence-electron chi connectivity index (χ2n) is 16.8. The van der Waals surface area contributed by atoms with E-state index in [0.29, 0.717) is 18.9 Å². The van der Waals surface area contributed by atoms with Crippen molar-refractivity contribution >= 4 is 20.4 Å². The second kappa shape index (κ2) is 16.9. The predicted molar refractivity (Wildman–Crippen MR) is 213 cm³/mol. The summed E-state index contributed by atoms with van der Waals surface area (Å²) in [5, 5.41) is 2.87. The molecule has 0 bridgehead atoms. The highest BCUT2D eigenvalue weighted by molar-refractivity contribution is 6.74. The fourth-order valence-electron chi connectivity index (χ4n) is 7.63. The van der Waals surface area contributed by atoms with Crippen LogP contribution in [0.5, 0.6) is 0 Å². The summed E-state index contributed by atoms with van der Waals surface area (Å²) in [5.41, 5.74) is 5.50.